The summed E-state index contributed by atoms with van der Waals surface area (Å²) in [5.41, 5.74) is 5.57. The number of fused-ring (bicyclic) bond motifs is 1. The maximum atomic E-state index is 13.3. The molecule has 2 aromatic carbocycles. The number of aliphatic hydroxyl groups is 1. The second kappa shape index (κ2) is 11.2. The Balaban J connectivity index is 1.33. The van der Waals surface area contributed by atoms with Crippen molar-refractivity contribution >= 4 is 11.6 Å². The van der Waals surface area contributed by atoms with E-state index in [-0.39, 0.29) is 5.91 Å². The molecule has 2 aliphatic rings. The van der Waals surface area contributed by atoms with Crippen molar-refractivity contribution in [3.63, 3.8) is 0 Å². The molecule has 0 bridgehead atoms. The van der Waals surface area contributed by atoms with Gasteiger partial charge in [0.1, 0.15) is 0 Å². The monoisotopic (exact) mass is 449 g/mol. The van der Waals surface area contributed by atoms with Crippen LogP contribution in [0.1, 0.15) is 66.1 Å². The molecule has 1 aliphatic carbocycles. The van der Waals surface area contributed by atoms with Crippen LogP contribution in [0.15, 0.2) is 42.5 Å². The molecule has 0 saturated heterocycles. The number of aliphatic hydroxyl groups excluding tert-OH is 1. The summed E-state index contributed by atoms with van der Waals surface area (Å²) in [6, 6.07) is 15.2. The molecule has 4 rings (SSSR count). The molecule has 0 unspecified atom stereocenters. The van der Waals surface area contributed by atoms with Gasteiger partial charge in [-0.05, 0) is 68.0 Å². The highest BCUT2D eigenvalue weighted by Gasteiger charge is 2.23. The third-order valence-electron chi connectivity index (χ3n) is 7.21. The first kappa shape index (κ1) is 23.8. The van der Waals surface area contributed by atoms with Crippen molar-refractivity contribution in [2.45, 2.75) is 71.1 Å². The van der Waals surface area contributed by atoms with Gasteiger partial charge in [0, 0.05) is 50.0 Å². The lowest BCUT2D eigenvalue weighted by atomic mass is 9.95. The molecule has 178 valence electrons. The number of likely N-dealkylation sites (N-methyl/N-ethyl adjacent to an activating group) is 1. The van der Waals surface area contributed by atoms with Gasteiger partial charge < -0.3 is 15.3 Å². The SMILES string of the molecule is CCN(C[C@H](O)CN1CCc2ccccc2C1)C(=O)c1ccc(NC2CCCCC2)cc1C. The minimum absolute atomic E-state index is 0.00209. The Labute approximate surface area is 198 Å². The van der Waals surface area contributed by atoms with Crippen LogP contribution in [0.4, 0.5) is 5.69 Å². The average Bonchev–Trinajstić information content (AvgIpc) is 2.83. The predicted molar refractivity (Wildman–Crippen MR) is 135 cm³/mol. The maximum absolute atomic E-state index is 13.3. The molecule has 0 radical (unpaired) electrons. The summed E-state index contributed by atoms with van der Waals surface area (Å²) < 4.78 is 0. The average molecular weight is 450 g/mol. The lowest BCUT2D eigenvalue weighted by Crippen LogP contribution is -2.44. The summed E-state index contributed by atoms with van der Waals surface area (Å²) in [5, 5.41) is 14.4. The number of hydrogen-bond donors (Lipinski definition) is 2. The topological polar surface area (TPSA) is 55.8 Å². The standard InChI is InChI=1S/C28H39N3O2/c1-3-31(20-26(32)19-30-16-15-22-9-7-8-10-23(22)18-30)28(33)27-14-13-25(17-21(27)2)29-24-11-5-4-6-12-24/h7-10,13-14,17,24,26,29,32H,3-6,11-12,15-16,18-20H2,1-2H3/t26-/m1/s1. The van der Waals surface area contributed by atoms with E-state index in [1.165, 1.54) is 43.2 Å². The van der Waals surface area contributed by atoms with Gasteiger partial charge in [0.2, 0.25) is 0 Å². The maximum Gasteiger partial charge on any atom is 0.254 e. The van der Waals surface area contributed by atoms with Gasteiger partial charge in [-0.3, -0.25) is 9.69 Å². The Morgan fingerprint density at radius 2 is 1.91 bits per heavy atom. The van der Waals surface area contributed by atoms with Gasteiger partial charge in [0.25, 0.3) is 5.91 Å². The number of β-amino-alcohol motifs (C(OH)–C–C–N with tert-alkyl or cyclic N) is 1. The predicted octanol–water partition coefficient (Wildman–Crippen LogP) is 4.62. The summed E-state index contributed by atoms with van der Waals surface area (Å²) >= 11 is 0. The molecule has 1 aliphatic heterocycles. The Bertz CT molecular complexity index is 938. The van der Waals surface area contributed by atoms with Crippen molar-refractivity contribution < 1.29 is 9.90 Å². The fraction of sp³-hybridized carbons (Fsp3) is 0.536. The van der Waals surface area contributed by atoms with Crippen molar-refractivity contribution in [2.24, 2.45) is 0 Å². The highest BCUT2D eigenvalue weighted by atomic mass is 16.3. The smallest absolute Gasteiger partial charge is 0.254 e. The molecule has 33 heavy (non-hydrogen) atoms. The van der Waals surface area contributed by atoms with Gasteiger partial charge in [-0.15, -0.1) is 0 Å². The van der Waals surface area contributed by atoms with E-state index < -0.39 is 6.10 Å². The second-order valence-corrected chi connectivity index (χ2v) is 9.76. The second-order valence-electron chi connectivity index (χ2n) is 9.76. The first-order valence-electron chi connectivity index (χ1n) is 12.7. The van der Waals surface area contributed by atoms with Gasteiger partial charge in [0.15, 0.2) is 0 Å². The van der Waals surface area contributed by atoms with E-state index in [0.29, 0.717) is 25.7 Å². The molecular weight excluding hydrogens is 410 g/mol. The molecule has 5 heteroatoms. The highest BCUT2D eigenvalue weighted by Crippen LogP contribution is 2.24. The van der Waals surface area contributed by atoms with E-state index in [9.17, 15) is 9.90 Å². The van der Waals surface area contributed by atoms with Crippen LogP contribution in [0.2, 0.25) is 0 Å². The summed E-state index contributed by atoms with van der Waals surface area (Å²) in [6.45, 7) is 7.33. The van der Waals surface area contributed by atoms with E-state index in [1.807, 2.05) is 26.0 Å². The number of amides is 1. The zero-order valence-electron chi connectivity index (χ0n) is 20.2. The van der Waals surface area contributed by atoms with Crippen LogP contribution in [-0.2, 0) is 13.0 Å². The van der Waals surface area contributed by atoms with Crippen LogP contribution < -0.4 is 5.32 Å². The van der Waals surface area contributed by atoms with E-state index in [2.05, 4.69) is 40.5 Å². The quantitative estimate of drug-likeness (QED) is 0.617. The fourth-order valence-electron chi connectivity index (χ4n) is 5.32. The van der Waals surface area contributed by atoms with Gasteiger partial charge in [-0.2, -0.15) is 0 Å². The highest BCUT2D eigenvalue weighted by molar-refractivity contribution is 5.96. The Morgan fingerprint density at radius 3 is 2.64 bits per heavy atom. The van der Waals surface area contributed by atoms with Crippen LogP contribution in [0.5, 0.6) is 0 Å². The molecule has 0 spiro atoms. The number of nitrogens with one attached hydrogen (secondary N) is 1. The van der Waals surface area contributed by atoms with E-state index in [1.54, 1.807) is 4.90 Å². The third-order valence-corrected chi connectivity index (χ3v) is 7.21. The van der Waals surface area contributed by atoms with Crippen LogP contribution in [-0.4, -0.2) is 59.1 Å². The minimum Gasteiger partial charge on any atom is -0.390 e. The zero-order chi connectivity index (χ0) is 23.2. The summed E-state index contributed by atoms with van der Waals surface area (Å²) in [6.07, 6.45) is 6.84. The van der Waals surface area contributed by atoms with Crippen LogP contribution in [0.25, 0.3) is 0 Å². The number of nitrogens with zero attached hydrogens (tertiary/aromatic N) is 2. The Kier molecular flexibility index (Phi) is 8.05. The lowest BCUT2D eigenvalue weighted by Gasteiger charge is -2.32. The molecular formula is C28H39N3O2. The molecule has 1 amide bonds. The Hall–Kier alpha value is -2.37. The molecule has 1 heterocycles. The largest absolute Gasteiger partial charge is 0.390 e. The molecule has 1 saturated carbocycles. The molecule has 1 fully saturated rings. The number of aryl methyl sites for hydroxylation is 1. The van der Waals surface area contributed by atoms with Gasteiger partial charge in [0.05, 0.1) is 6.10 Å². The van der Waals surface area contributed by atoms with E-state index in [0.717, 1.165) is 36.3 Å². The van der Waals surface area contributed by atoms with E-state index >= 15 is 0 Å². The van der Waals surface area contributed by atoms with Gasteiger partial charge >= 0.3 is 0 Å². The number of carbonyl (C=O) groups is 1. The number of carbonyl (C=O) groups excluding carboxylic acids is 1. The first-order valence-corrected chi connectivity index (χ1v) is 12.7. The lowest BCUT2D eigenvalue weighted by molar-refractivity contribution is 0.0520. The van der Waals surface area contributed by atoms with E-state index in [4.69, 9.17) is 0 Å². The summed E-state index contributed by atoms with van der Waals surface area (Å²) in [7, 11) is 0. The molecule has 1 atom stereocenters. The zero-order valence-corrected chi connectivity index (χ0v) is 20.2. The minimum atomic E-state index is -0.563. The van der Waals surface area contributed by atoms with Crippen LogP contribution in [0.3, 0.4) is 0 Å². The van der Waals surface area contributed by atoms with Crippen LogP contribution >= 0.6 is 0 Å². The van der Waals surface area contributed by atoms with Crippen molar-refractivity contribution in [1.29, 1.82) is 0 Å². The summed E-state index contributed by atoms with van der Waals surface area (Å²) in [4.78, 5) is 17.3. The summed E-state index contributed by atoms with van der Waals surface area (Å²) in [5.74, 6) is 0.00209. The van der Waals surface area contributed by atoms with Crippen molar-refractivity contribution in [1.82, 2.24) is 9.80 Å². The van der Waals surface area contributed by atoms with Crippen molar-refractivity contribution in [2.75, 3.05) is 31.5 Å². The van der Waals surface area contributed by atoms with Crippen LogP contribution in [0, 0.1) is 6.92 Å². The Morgan fingerprint density at radius 1 is 1.15 bits per heavy atom. The number of rotatable bonds is 8. The molecule has 2 N–H and O–H groups in total. The fourth-order valence-corrected chi connectivity index (χ4v) is 5.32. The third kappa shape index (κ3) is 6.15. The normalized spacial score (nSPS) is 17.9. The van der Waals surface area contributed by atoms with Crippen molar-refractivity contribution in [3.8, 4) is 0 Å². The van der Waals surface area contributed by atoms with Gasteiger partial charge in [-0.1, -0.05) is 43.5 Å². The molecule has 2 aromatic rings. The number of hydrogen-bond acceptors (Lipinski definition) is 4. The molecule has 5 nitrogen and oxygen atoms in total. The van der Waals surface area contributed by atoms with Crippen molar-refractivity contribution in [3.05, 3.63) is 64.7 Å². The number of benzene rings is 2. The first-order chi connectivity index (χ1) is 16.0. The van der Waals surface area contributed by atoms with Gasteiger partial charge in [-0.25, -0.2) is 0 Å². The number of anilines is 1. The molecule has 0 aromatic heterocycles.